The van der Waals surface area contributed by atoms with E-state index < -0.39 is 11.7 Å². The summed E-state index contributed by atoms with van der Waals surface area (Å²) in [7, 11) is 0. The molecule has 0 unspecified atom stereocenters. The predicted molar refractivity (Wildman–Crippen MR) is 91.3 cm³/mol. The highest BCUT2D eigenvalue weighted by molar-refractivity contribution is 5.96. The summed E-state index contributed by atoms with van der Waals surface area (Å²) in [4.78, 5) is 37.7. The van der Waals surface area contributed by atoms with Crippen LogP contribution in [-0.4, -0.2) is 48.8 Å². The molecule has 1 fully saturated rings. The highest BCUT2D eigenvalue weighted by atomic mass is 19.1. The van der Waals surface area contributed by atoms with Crippen molar-refractivity contribution in [2.75, 3.05) is 26.2 Å². The molecule has 0 aliphatic carbocycles. The normalized spacial score (nSPS) is 14.9. The van der Waals surface area contributed by atoms with Crippen molar-refractivity contribution in [3.63, 3.8) is 0 Å². The zero-order valence-electron chi connectivity index (χ0n) is 14.4. The minimum atomic E-state index is -0.498. The van der Waals surface area contributed by atoms with Crippen LogP contribution < -0.4 is 10.6 Å². The number of benzene rings is 1. The van der Waals surface area contributed by atoms with Gasteiger partial charge in [-0.05, 0) is 37.5 Å². The Morgan fingerprint density at radius 3 is 2.56 bits per heavy atom. The second kappa shape index (κ2) is 9.15. The van der Waals surface area contributed by atoms with Crippen molar-refractivity contribution in [1.82, 2.24) is 15.5 Å². The van der Waals surface area contributed by atoms with Gasteiger partial charge < -0.3 is 15.5 Å². The second-order valence-corrected chi connectivity index (χ2v) is 6.14. The first-order chi connectivity index (χ1) is 12.0. The average molecular weight is 349 g/mol. The van der Waals surface area contributed by atoms with E-state index >= 15 is 0 Å². The van der Waals surface area contributed by atoms with Gasteiger partial charge in [-0.3, -0.25) is 14.4 Å². The number of nitrogens with zero attached hydrogens (tertiary/aromatic N) is 1. The number of carbonyl (C=O) groups is 3. The molecule has 1 aromatic carbocycles. The van der Waals surface area contributed by atoms with Crippen molar-refractivity contribution in [3.05, 3.63) is 35.6 Å². The lowest BCUT2D eigenvalue weighted by molar-refractivity contribution is -0.134. The lowest BCUT2D eigenvalue weighted by atomic mass is 9.96. The van der Waals surface area contributed by atoms with Gasteiger partial charge >= 0.3 is 0 Å². The van der Waals surface area contributed by atoms with Gasteiger partial charge in [0.15, 0.2) is 0 Å². The first-order valence-electron chi connectivity index (χ1n) is 8.60. The Labute approximate surface area is 146 Å². The van der Waals surface area contributed by atoms with Gasteiger partial charge in [0.1, 0.15) is 5.82 Å². The molecule has 2 rings (SSSR count). The first-order valence-corrected chi connectivity index (χ1v) is 8.60. The van der Waals surface area contributed by atoms with Gasteiger partial charge in [0.25, 0.3) is 5.91 Å². The number of nitrogens with one attached hydrogen (secondary N) is 2. The number of halogens is 1. The Kier molecular flexibility index (Phi) is 6.91. The van der Waals surface area contributed by atoms with E-state index in [9.17, 15) is 18.8 Å². The van der Waals surface area contributed by atoms with Crippen LogP contribution in [0.3, 0.4) is 0 Å². The molecular weight excluding hydrogens is 325 g/mol. The van der Waals surface area contributed by atoms with Gasteiger partial charge in [-0.15, -0.1) is 0 Å². The van der Waals surface area contributed by atoms with Crippen LogP contribution in [0.4, 0.5) is 4.39 Å². The fraction of sp³-hybridized carbons (Fsp3) is 0.500. The first kappa shape index (κ1) is 18.9. The van der Waals surface area contributed by atoms with Gasteiger partial charge in [0.2, 0.25) is 11.8 Å². The van der Waals surface area contributed by atoms with E-state index in [2.05, 4.69) is 10.6 Å². The molecule has 0 spiro atoms. The van der Waals surface area contributed by atoms with Crippen LogP contribution in [0.2, 0.25) is 0 Å². The molecule has 0 saturated carbocycles. The van der Waals surface area contributed by atoms with E-state index in [4.69, 9.17) is 0 Å². The highest BCUT2D eigenvalue weighted by Crippen LogP contribution is 2.17. The number of rotatable bonds is 6. The number of carbonyl (C=O) groups excluding carboxylic acids is 3. The molecule has 0 atom stereocenters. The lowest BCUT2D eigenvalue weighted by Gasteiger charge is -2.31. The Balaban J connectivity index is 1.75. The fourth-order valence-electron chi connectivity index (χ4n) is 2.78. The van der Waals surface area contributed by atoms with Gasteiger partial charge in [-0.25, -0.2) is 4.39 Å². The molecule has 0 bridgehead atoms. The van der Waals surface area contributed by atoms with Crippen LogP contribution in [0.5, 0.6) is 0 Å². The number of amides is 3. The summed E-state index contributed by atoms with van der Waals surface area (Å²) >= 11 is 0. The quantitative estimate of drug-likeness (QED) is 0.813. The molecule has 7 heteroatoms. The molecule has 1 aliphatic rings. The molecular formula is C18H24FN3O3. The molecule has 1 heterocycles. The largest absolute Gasteiger partial charge is 0.356 e. The molecule has 6 nitrogen and oxygen atoms in total. The number of piperidine rings is 1. The zero-order chi connectivity index (χ0) is 18.2. The van der Waals surface area contributed by atoms with E-state index in [1.165, 1.54) is 18.2 Å². The number of hydrogen-bond acceptors (Lipinski definition) is 3. The van der Waals surface area contributed by atoms with Gasteiger partial charge in [0, 0.05) is 31.1 Å². The van der Waals surface area contributed by atoms with Crippen LogP contribution in [0.1, 0.15) is 36.5 Å². The smallest absolute Gasteiger partial charge is 0.251 e. The molecule has 3 amide bonds. The van der Waals surface area contributed by atoms with Crippen molar-refractivity contribution < 1.29 is 18.8 Å². The van der Waals surface area contributed by atoms with Crippen molar-refractivity contribution in [2.45, 2.75) is 26.2 Å². The summed E-state index contributed by atoms with van der Waals surface area (Å²) in [6.07, 6.45) is 2.15. The van der Waals surface area contributed by atoms with Crippen molar-refractivity contribution in [2.24, 2.45) is 5.92 Å². The minimum absolute atomic E-state index is 0.0494. The molecule has 136 valence electrons. The summed E-state index contributed by atoms with van der Waals surface area (Å²) in [5.41, 5.74) is 0.180. The standard InChI is InChI=1S/C18H24FN3O3/c1-2-8-20-17(24)13-6-9-22(10-7-13)16(23)12-21-18(25)14-4-3-5-15(19)11-14/h3-5,11,13H,2,6-10,12H2,1H3,(H,20,24)(H,21,25). The SMILES string of the molecule is CCCNC(=O)C1CCN(C(=O)CNC(=O)c2cccc(F)c2)CC1. The second-order valence-electron chi connectivity index (χ2n) is 6.14. The third kappa shape index (κ3) is 5.55. The maximum absolute atomic E-state index is 13.1. The third-order valence-corrected chi connectivity index (χ3v) is 4.25. The molecule has 0 aromatic heterocycles. The Morgan fingerprint density at radius 2 is 1.92 bits per heavy atom. The van der Waals surface area contributed by atoms with Gasteiger partial charge in [-0.1, -0.05) is 13.0 Å². The fourth-order valence-corrected chi connectivity index (χ4v) is 2.78. The lowest BCUT2D eigenvalue weighted by Crippen LogP contribution is -2.46. The van der Waals surface area contributed by atoms with E-state index in [-0.39, 0.29) is 29.8 Å². The van der Waals surface area contributed by atoms with Crippen molar-refractivity contribution >= 4 is 17.7 Å². The van der Waals surface area contributed by atoms with Crippen molar-refractivity contribution in [1.29, 1.82) is 0 Å². The van der Waals surface area contributed by atoms with Gasteiger partial charge in [-0.2, -0.15) is 0 Å². The molecule has 25 heavy (non-hydrogen) atoms. The average Bonchev–Trinajstić information content (AvgIpc) is 2.64. The van der Waals surface area contributed by atoms with Crippen LogP contribution in [0.15, 0.2) is 24.3 Å². The molecule has 0 radical (unpaired) electrons. The molecule has 2 N–H and O–H groups in total. The summed E-state index contributed by atoms with van der Waals surface area (Å²) in [5, 5.41) is 5.39. The van der Waals surface area contributed by atoms with E-state index in [0.29, 0.717) is 32.5 Å². The Hall–Kier alpha value is -2.44. The maximum atomic E-state index is 13.1. The predicted octanol–water partition coefficient (Wildman–Crippen LogP) is 1.32. The molecule has 1 aliphatic heterocycles. The molecule has 1 aromatic rings. The van der Waals surface area contributed by atoms with E-state index in [1.807, 2.05) is 6.92 Å². The Bertz CT molecular complexity index is 628. The van der Waals surface area contributed by atoms with Gasteiger partial charge in [0.05, 0.1) is 6.54 Å². The Morgan fingerprint density at radius 1 is 1.20 bits per heavy atom. The van der Waals surface area contributed by atoms with Crippen LogP contribution >= 0.6 is 0 Å². The van der Waals surface area contributed by atoms with Crippen LogP contribution in [-0.2, 0) is 9.59 Å². The van der Waals surface area contributed by atoms with Crippen LogP contribution in [0, 0.1) is 11.7 Å². The topological polar surface area (TPSA) is 78.5 Å². The summed E-state index contributed by atoms with van der Waals surface area (Å²) in [5.74, 6) is -1.19. The summed E-state index contributed by atoms with van der Waals surface area (Å²) in [6, 6.07) is 5.31. The molecule has 1 saturated heterocycles. The number of hydrogen-bond donors (Lipinski definition) is 2. The zero-order valence-corrected chi connectivity index (χ0v) is 14.4. The van der Waals surface area contributed by atoms with Crippen LogP contribution in [0.25, 0.3) is 0 Å². The monoisotopic (exact) mass is 349 g/mol. The van der Waals surface area contributed by atoms with Crippen molar-refractivity contribution in [3.8, 4) is 0 Å². The van der Waals surface area contributed by atoms with E-state index in [1.54, 1.807) is 4.90 Å². The summed E-state index contributed by atoms with van der Waals surface area (Å²) < 4.78 is 13.1. The number of likely N-dealkylation sites (tertiary alicyclic amines) is 1. The third-order valence-electron chi connectivity index (χ3n) is 4.25. The summed E-state index contributed by atoms with van der Waals surface area (Å²) in [6.45, 7) is 3.53. The minimum Gasteiger partial charge on any atom is -0.356 e. The van der Waals surface area contributed by atoms with E-state index in [0.717, 1.165) is 12.5 Å². The maximum Gasteiger partial charge on any atom is 0.251 e. The highest BCUT2D eigenvalue weighted by Gasteiger charge is 2.27.